The van der Waals surface area contributed by atoms with Crippen molar-refractivity contribution in [1.82, 2.24) is 4.98 Å². The third kappa shape index (κ3) is 3.33. The van der Waals surface area contributed by atoms with E-state index in [0.29, 0.717) is 0 Å². The van der Waals surface area contributed by atoms with E-state index >= 15 is 0 Å². The highest BCUT2D eigenvalue weighted by molar-refractivity contribution is 5.16. The van der Waals surface area contributed by atoms with Crippen molar-refractivity contribution in [2.45, 2.75) is 26.2 Å². The van der Waals surface area contributed by atoms with Crippen LogP contribution >= 0.6 is 0 Å². The molecule has 0 aliphatic rings. The Labute approximate surface area is 74.2 Å². The molecule has 63 valence electrons. The van der Waals surface area contributed by atoms with Crippen LogP contribution in [0.2, 0.25) is 0 Å². The molecule has 1 aromatic heterocycles. The van der Waals surface area contributed by atoms with Gasteiger partial charge in [-0.2, -0.15) is 0 Å². The summed E-state index contributed by atoms with van der Waals surface area (Å²) in [7, 11) is 0. The summed E-state index contributed by atoms with van der Waals surface area (Å²) in [6.07, 6.45) is 12.5. The first-order valence-corrected chi connectivity index (χ1v) is 4.41. The van der Waals surface area contributed by atoms with Gasteiger partial charge in [0.15, 0.2) is 0 Å². The van der Waals surface area contributed by atoms with Gasteiger partial charge in [0, 0.05) is 18.0 Å². The summed E-state index contributed by atoms with van der Waals surface area (Å²) in [6.45, 7) is 2.19. The molecular weight excluding hydrogens is 146 g/mol. The molecular formula is C11H14N. The van der Waals surface area contributed by atoms with E-state index in [1.54, 1.807) is 6.20 Å². The van der Waals surface area contributed by atoms with Crippen LogP contribution in [0.15, 0.2) is 30.6 Å². The molecule has 0 unspecified atom stereocenters. The maximum absolute atomic E-state index is 4.00. The number of hydrogen-bond acceptors (Lipinski definition) is 1. The molecule has 0 bridgehead atoms. The highest BCUT2D eigenvalue weighted by Gasteiger charge is 1.83. The van der Waals surface area contributed by atoms with Gasteiger partial charge in [-0.25, -0.2) is 0 Å². The summed E-state index contributed by atoms with van der Waals surface area (Å²) < 4.78 is 0. The summed E-state index contributed by atoms with van der Waals surface area (Å²) in [5, 5.41) is 0. The predicted octanol–water partition coefficient (Wildman–Crippen LogP) is 2.98. The van der Waals surface area contributed by atoms with Crippen LogP contribution in [-0.2, 0) is 0 Å². The predicted molar refractivity (Wildman–Crippen MR) is 50.7 cm³/mol. The highest BCUT2D eigenvalue weighted by atomic mass is 14.6. The van der Waals surface area contributed by atoms with Gasteiger partial charge < -0.3 is 0 Å². The first kappa shape index (κ1) is 8.98. The zero-order valence-corrected chi connectivity index (χ0v) is 7.46. The molecule has 0 spiro atoms. The van der Waals surface area contributed by atoms with E-state index in [0.717, 1.165) is 12.0 Å². The molecule has 0 saturated heterocycles. The third-order valence-corrected chi connectivity index (χ3v) is 1.63. The zero-order chi connectivity index (χ0) is 8.65. The molecule has 1 aromatic rings. The van der Waals surface area contributed by atoms with Crippen LogP contribution in [0.1, 0.15) is 31.7 Å². The molecule has 0 N–H and O–H groups in total. The Morgan fingerprint density at radius 1 is 1.58 bits per heavy atom. The first-order chi connectivity index (χ1) is 5.93. The molecule has 1 nitrogen and oxygen atoms in total. The number of nitrogens with zero attached hydrogens (tertiary/aromatic N) is 1. The van der Waals surface area contributed by atoms with Crippen LogP contribution in [0.25, 0.3) is 0 Å². The summed E-state index contributed by atoms with van der Waals surface area (Å²) >= 11 is 0. The number of hydrogen-bond donors (Lipinski definition) is 0. The zero-order valence-electron chi connectivity index (χ0n) is 7.46. The van der Waals surface area contributed by atoms with Crippen molar-refractivity contribution < 1.29 is 0 Å². The average molecular weight is 160 g/mol. The van der Waals surface area contributed by atoms with E-state index in [1.807, 2.05) is 18.3 Å². The van der Waals surface area contributed by atoms with Gasteiger partial charge in [0.05, 0.1) is 0 Å². The van der Waals surface area contributed by atoms with E-state index in [2.05, 4.69) is 24.1 Å². The number of pyridine rings is 1. The average Bonchev–Trinajstić information content (AvgIpc) is 2.14. The van der Waals surface area contributed by atoms with Gasteiger partial charge in [-0.05, 0) is 18.6 Å². The van der Waals surface area contributed by atoms with E-state index < -0.39 is 0 Å². The Morgan fingerprint density at radius 3 is 3.17 bits per heavy atom. The van der Waals surface area contributed by atoms with Gasteiger partial charge in [0.2, 0.25) is 0 Å². The molecule has 0 amide bonds. The molecule has 1 heteroatoms. The van der Waals surface area contributed by atoms with Gasteiger partial charge >= 0.3 is 0 Å². The summed E-state index contributed by atoms with van der Waals surface area (Å²) in [5.74, 6) is 0. The van der Waals surface area contributed by atoms with Gasteiger partial charge in [0.25, 0.3) is 0 Å². The van der Waals surface area contributed by atoms with Crippen molar-refractivity contribution >= 4 is 0 Å². The molecule has 0 atom stereocenters. The highest BCUT2D eigenvalue weighted by Crippen LogP contribution is 1.99. The van der Waals surface area contributed by atoms with E-state index in [-0.39, 0.29) is 0 Å². The standard InChI is InChI=1S/C11H14N/c1-2-3-4-5-7-11-8-6-9-12-10-11/h5-6,8-10H,2-4H2,1H3. The summed E-state index contributed by atoms with van der Waals surface area (Å²) in [5.41, 5.74) is 1.06. The molecule has 1 heterocycles. The Kier molecular flexibility index (Phi) is 4.14. The van der Waals surface area contributed by atoms with E-state index in [9.17, 15) is 0 Å². The topological polar surface area (TPSA) is 12.9 Å². The lowest BCUT2D eigenvalue weighted by atomic mass is 10.2. The number of allylic oxidation sites excluding steroid dienone is 1. The Hall–Kier alpha value is -1.11. The second kappa shape index (κ2) is 5.53. The maximum Gasteiger partial charge on any atom is 0.0346 e. The van der Waals surface area contributed by atoms with E-state index in [1.165, 1.54) is 12.8 Å². The van der Waals surface area contributed by atoms with Crippen molar-refractivity contribution in [1.29, 1.82) is 0 Å². The van der Waals surface area contributed by atoms with Crippen LogP contribution in [-0.4, -0.2) is 4.98 Å². The molecule has 1 radical (unpaired) electrons. The van der Waals surface area contributed by atoms with Crippen LogP contribution in [0.4, 0.5) is 0 Å². The van der Waals surface area contributed by atoms with Crippen molar-refractivity contribution in [3.8, 4) is 0 Å². The minimum absolute atomic E-state index is 1.06. The third-order valence-electron chi connectivity index (χ3n) is 1.63. The SMILES string of the molecule is CCCC/C=[C]/c1cccnc1. The fourth-order valence-electron chi connectivity index (χ4n) is 0.944. The normalized spacial score (nSPS) is 10.8. The van der Waals surface area contributed by atoms with Crippen molar-refractivity contribution in [2.24, 2.45) is 0 Å². The second-order valence-electron chi connectivity index (χ2n) is 2.73. The number of rotatable bonds is 4. The summed E-state index contributed by atoms with van der Waals surface area (Å²) in [6, 6.07) is 3.94. The number of unbranched alkanes of at least 4 members (excludes halogenated alkanes) is 2. The first-order valence-electron chi connectivity index (χ1n) is 4.41. The monoisotopic (exact) mass is 160 g/mol. The van der Waals surface area contributed by atoms with Crippen molar-refractivity contribution in [2.75, 3.05) is 0 Å². The summed E-state index contributed by atoms with van der Waals surface area (Å²) in [4.78, 5) is 4.00. The van der Waals surface area contributed by atoms with Gasteiger partial charge in [0.1, 0.15) is 0 Å². The van der Waals surface area contributed by atoms with Crippen LogP contribution < -0.4 is 0 Å². The van der Waals surface area contributed by atoms with Crippen molar-refractivity contribution in [3.63, 3.8) is 0 Å². The largest absolute Gasteiger partial charge is 0.264 e. The molecule has 0 aliphatic heterocycles. The van der Waals surface area contributed by atoms with Crippen LogP contribution in [0.5, 0.6) is 0 Å². The molecule has 0 aliphatic carbocycles. The molecule has 1 rings (SSSR count). The number of aromatic nitrogens is 1. The van der Waals surface area contributed by atoms with Crippen LogP contribution in [0, 0.1) is 6.08 Å². The Balaban J connectivity index is 2.36. The lowest BCUT2D eigenvalue weighted by molar-refractivity contribution is 0.813. The van der Waals surface area contributed by atoms with Gasteiger partial charge in [-0.15, -0.1) is 0 Å². The molecule has 0 aromatic carbocycles. The second-order valence-corrected chi connectivity index (χ2v) is 2.73. The van der Waals surface area contributed by atoms with Crippen molar-refractivity contribution in [3.05, 3.63) is 42.2 Å². The van der Waals surface area contributed by atoms with Crippen LogP contribution in [0.3, 0.4) is 0 Å². The minimum atomic E-state index is 1.06. The molecule has 0 saturated carbocycles. The molecule has 0 fully saturated rings. The smallest absolute Gasteiger partial charge is 0.0346 e. The quantitative estimate of drug-likeness (QED) is 0.617. The van der Waals surface area contributed by atoms with Gasteiger partial charge in [-0.1, -0.05) is 31.9 Å². The Bertz CT molecular complexity index is 226. The Morgan fingerprint density at radius 2 is 2.50 bits per heavy atom. The fourth-order valence-corrected chi connectivity index (χ4v) is 0.944. The van der Waals surface area contributed by atoms with E-state index in [4.69, 9.17) is 0 Å². The minimum Gasteiger partial charge on any atom is -0.264 e. The molecule has 12 heavy (non-hydrogen) atoms. The lowest BCUT2D eigenvalue weighted by Crippen LogP contribution is -1.75. The fraction of sp³-hybridized carbons (Fsp3) is 0.364. The lowest BCUT2D eigenvalue weighted by Gasteiger charge is -1.89. The maximum atomic E-state index is 4.00. The van der Waals surface area contributed by atoms with Gasteiger partial charge in [-0.3, -0.25) is 4.98 Å².